The molecule has 0 radical (unpaired) electrons. The summed E-state index contributed by atoms with van der Waals surface area (Å²) < 4.78 is 26.1. The molecule has 1 heterocycles. The maximum Gasteiger partial charge on any atom is 0.115 e. The summed E-state index contributed by atoms with van der Waals surface area (Å²) in [7, 11) is 0. The first kappa shape index (κ1) is 24.6. The number of hydrogen-bond acceptors (Lipinski definition) is 4. The van der Waals surface area contributed by atoms with Crippen LogP contribution in [0.3, 0.4) is 0 Å². The Balaban J connectivity index is 1.56. The van der Waals surface area contributed by atoms with Crippen LogP contribution >= 0.6 is 0 Å². The smallest absolute Gasteiger partial charge is 0.115 e. The van der Waals surface area contributed by atoms with Gasteiger partial charge in [0.2, 0.25) is 0 Å². The van der Waals surface area contributed by atoms with E-state index in [0.29, 0.717) is 19.8 Å². The predicted octanol–water partition coefficient (Wildman–Crippen LogP) is 6.19. The van der Waals surface area contributed by atoms with Gasteiger partial charge in [-0.3, -0.25) is 0 Å². The van der Waals surface area contributed by atoms with Crippen molar-refractivity contribution in [3.8, 4) is 0 Å². The topological polar surface area (TPSA) is 36.9 Å². The molecule has 5 atom stereocenters. The second kappa shape index (κ2) is 12.3. The molecule has 1 fully saturated rings. The largest absolute Gasteiger partial charge is 0.369 e. The molecule has 0 aliphatic carbocycles. The fourth-order valence-electron chi connectivity index (χ4n) is 4.49. The van der Waals surface area contributed by atoms with Crippen LogP contribution in [-0.2, 0) is 38.8 Å². The molecule has 3 aromatic rings. The lowest BCUT2D eigenvalue weighted by molar-refractivity contribution is -0.268. The second-order valence-electron chi connectivity index (χ2n) is 9.33. The van der Waals surface area contributed by atoms with E-state index < -0.39 is 0 Å². The van der Waals surface area contributed by atoms with Gasteiger partial charge in [-0.25, -0.2) is 0 Å². The van der Waals surface area contributed by atoms with E-state index in [2.05, 4.69) is 57.2 Å². The summed E-state index contributed by atoms with van der Waals surface area (Å²) in [5, 5.41) is 0. The minimum Gasteiger partial charge on any atom is -0.369 e. The number of benzene rings is 3. The van der Waals surface area contributed by atoms with E-state index in [-0.39, 0.29) is 36.4 Å². The average molecular weight is 461 g/mol. The third-order valence-electron chi connectivity index (χ3n) is 6.32. The van der Waals surface area contributed by atoms with E-state index >= 15 is 0 Å². The van der Waals surface area contributed by atoms with Gasteiger partial charge in [0.05, 0.1) is 32.0 Å². The molecule has 4 nitrogen and oxygen atoms in total. The van der Waals surface area contributed by atoms with E-state index in [1.165, 1.54) is 0 Å². The van der Waals surface area contributed by atoms with E-state index in [4.69, 9.17) is 18.9 Å². The zero-order chi connectivity index (χ0) is 23.8. The molecule has 0 amide bonds. The van der Waals surface area contributed by atoms with Crippen molar-refractivity contribution >= 4 is 0 Å². The van der Waals surface area contributed by atoms with Crippen LogP contribution in [0.4, 0.5) is 0 Å². The second-order valence-corrected chi connectivity index (χ2v) is 9.33. The van der Waals surface area contributed by atoms with E-state index in [0.717, 1.165) is 16.7 Å². The minimum atomic E-state index is -0.260. The third-order valence-corrected chi connectivity index (χ3v) is 6.32. The molecule has 1 aliphatic rings. The molecule has 0 saturated carbocycles. The Hall–Kier alpha value is -2.50. The molecule has 2 unspecified atom stereocenters. The molecule has 180 valence electrons. The van der Waals surface area contributed by atoms with Gasteiger partial charge in [0, 0.05) is 0 Å². The van der Waals surface area contributed by atoms with E-state index in [1.54, 1.807) is 0 Å². The summed E-state index contributed by atoms with van der Waals surface area (Å²) in [5.41, 5.74) is 3.39. The molecule has 0 spiro atoms. The van der Waals surface area contributed by atoms with Gasteiger partial charge in [-0.2, -0.15) is 0 Å². The molecule has 0 N–H and O–H groups in total. The van der Waals surface area contributed by atoms with Crippen molar-refractivity contribution < 1.29 is 18.9 Å². The Morgan fingerprint density at radius 1 is 0.588 bits per heavy atom. The Morgan fingerprint density at radius 3 is 1.38 bits per heavy atom. The molecule has 0 aromatic heterocycles. The minimum absolute atomic E-state index is 0.0870. The van der Waals surface area contributed by atoms with Crippen molar-refractivity contribution in [2.24, 2.45) is 5.92 Å². The summed E-state index contributed by atoms with van der Waals surface area (Å²) in [4.78, 5) is 0. The van der Waals surface area contributed by atoms with Crippen LogP contribution in [0.25, 0.3) is 0 Å². The first-order valence-corrected chi connectivity index (χ1v) is 12.2. The van der Waals surface area contributed by atoms with Crippen LogP contribution in [0.1, 0.15) is 37.5 Å². The summed E-state index contributed by atoms with van der Waals surface area (Å²) in [6.45, 7) is 7.94. The third kappa shape index (κ3) is 6.55. The fourth-order valence-corrected chi connectivity index (χ4v) is 4.49. The lowest BCUT2D eigenvalue weighted by Crippen LogP contribution is -2.60. The van der Waals surface area contributed by atoms with Crippen molar-refractivity contribution in [2.75, 3.05) is 0 Å². The molecule has 4 rings (SSSR count). The zero-order valence-electron chi connectivity index (χ0n) is 20.4. The van der Waals surface area contributed by atoms with Crippen molar-refractivity contribution in [1.82, 2.24) is 0 Å². The van der Waals surface area contributed by atoms with Gasteiger partial charge < -0.3 is 18.9 Å². The summed E-state index contributed by atoms with van der Waals surface area (Å²) in [5.74, 6) is 0.279. The summed E-state index contributed by atoms with van der Waals surface area (Å²) in [6.07, 6.45) is -0.964. The standard InChI is InChI=1S/C30H36O4/c1-22(2)27-29(32-20-25-15-9-5-10-16-25)30(33-21-26-17-11-6-12-18-26)28(23(3)34-27)31-19-24-13-7-4-8-14-24/h4-18,22-23,27-30H,19-21H2,1-3H3/t23-,27+,28+,29?,30?/m0/s1. The number of hydrogen-bond donors (Lipinski definition) is 0. The highest BCUT2D eigenvalue weighted by atomic mass is 16.6. The van der Waals surface area contributed by atoms with Gasteiger partial charge in [0.1, 0.15) is 18.3 Å². The predicted molar refractivity (Wildman–Crippen MR) is 134 cm³/mol. The zero-order valence-corrected chi connectivity index (χ0v) is 20.4. The van der Waals surface area contributed by atoms with Crippen LogP contribution < -0.4 is 0 Å². The van der Waals surface area contributed by atoms with Gasteiger partial charge in [0.25, 0.3) is 0 Å². The highest BCUT2D eigenvalue weighted by molar-refractivity contribution is 5.15. The molecular weight excluding hydrogens is 424 g/mol. The van der Waals surface area contributed by atoms with Crippen molar-refractivity contribution in [3.63, 3.8) is 0 Å². The van der Waals surface area contributed by atoms with Crippen LogP contribution in [0.15, 0.2) is 91.0 Å². The molecule has 0 bridgehead atoms. The average Bonchev–Trinajstić information content (AvgIpc) is 2.87. The lowest BCUT2D eigenvalue weighted by atomic mass is 9.89. The van der Waals surface area contributed by atoms with Crippen molar-refractivity contribution in [2.45, 2.75) is 71.1 Å². The number of rotatable bonds is 10. The quantitative estimate of drug-likeness (QED) is 0.362. The first-order valence-electron chi connectivity index (χ1n) is 12.2. The maximum absolute atomic E-state index is 6.59. The Bertz CT molecular complexity index is 961. The van der Waals surface area contributed by atoms with E-state index in [1.807, 2.05) is 54.6 Å². The van der Waals surface area contributed by atoms with Gasteiger partial charge >= 0.3 is 0 Å². The van der Waals surface area contributed by atoms with Gasteiger partial charge in [0.15, 0.2) is 0 Å². The lowest BCUT2D eigenvalue weighted by Gasteiger charge is -2.46. The Morgan fingerprint density at radius 2 is 0.971 bits per heavy atom. The number of ether oxygens (including phenoxy) is 4. The van der Waals surface area contributed by atoms with Crippen LogP contribution in [-0.4, -0.2) is 30.5 Å². The fraction of sp³-hybridized carbons (Fsp3) is 0.400. The molecule has 1 saturated heterocycles. The van der Waals surface area contributed by atoms with Gasteiger partial charge in [-0.15, -0.1) is 0 Å². The van der Waals surface area contributed by atoms with Crippen LogP contribution in [0.2, 0.25) is 0 Å². The Labute approximate surface area is 203 Å². The highest BCUT2D eigenvalue weighted by Crippen LogP contribution is 2.33. The SMILES string of the molecule is CC(C)[C@H]1O[C@@H](C)[C@@H](OCc2ccccc2)C(OCc2ccccc2)C1OCc1ccccc1. The molecular formula is C30H36O4. The van der Waals surface area contributed by atoms with E-state index in [9.17, 15) is 0 Å². The highest BCUT2D eigenvalue weighted by Gasteiger charge is 2.47. The molecule has 34 heavy (non-hydrogen) atoms. The van der Waals surface area contributed by atoms with Gasteiger partial charge in [-0.1, -0.05) is 105 Å². The van der Waals surface area contributed by atoms with Crippen molar-refractivity contribution in [3.05, 3.63) is 108 Å². The Kier molecular flexibility index (Phi) is 8.89. The molecule has 3 aromatic carbocycles. The normalized spacial score (nSPS) is 24.9. The van der Waals surface area contributed by atoms with Gasteiger partial charge in [-0.05, 0) is 29.5 Å². The first-order chi connectivity index (χ1) is 16.6. The summed E-state index contributed by atoms with van der Waals surface area (Å²) in [6, 6.07) is 30.8. The van der Waals surface area contributed by atoms with Crippen LogP contribution in [0, 0.1) is 5.92 Å². The maximum atomic E-state index is 6.59. The van der Waals surface area contributed by atoms with Crippen molar-refractivity contribution in [1.29, 1.82) is 0 Å². The molecule has 4 heteroatoms. The molecule has 1 aliphatic heterocycles. The summed E-state index contributed by atoms with van der Waals surface area (Å²) >= 11 is 0. The monoisotopic (exact) mass is 460 g/mol. The van der Waals surface area contributed by atoms with Crippen LogP contribution in [0.5, 0.6) is 0 Å².